The first-order chi connectivity index (χ1) is 5.81. The Balaban J connectivity index is 3.08. The Bertz CT molecular complexity index is 120. The number of hydrogen-bond donors (Lipinski definition) is 1. The number of ether oxygens (including phenoxy) is 1. The minimum Gasteiger partial charge on any atom is -0.385 e. The molecule has 0 aliphatic carbocycles. The minimum atomic E-state index is 0.0757. The highest BCUT2D eigenvalue weighted by atomic mass is 35.5. The zero-order valence-electron chi connectivity index (χ0n) is 7.44. The van der Waals surface area contributed by atoms with E-state index in [4.69, 9.17) is 16.3 Å². The van der Waals surface area contributed by atoms with Crippen LogP contribution in [0.1, 0.15) is 19.3 Å². The molecule has 0 aromatic heterocycles. The molecule has 0 radical (unpaired) electrons. The van der Waals surface area contributed by atoms with Crippen molar-refractivity contribution >= 4 is 17.5 Å². The Labute approximate surface area is 78.4 Å². The number of rotatable bonds is 7. The number of alkyl halides is 1. The highest BCUT2D eigenvalue weighted by molar-refractivity contribution is 6.17. The topological polar surface area (TPSA) is 38.3 Å². The molecule has 4 heteroatoms. The summed E-state index contributed by atoms with van der Waals surface area (Å²) in [7, 11) is 1.65. The second-order valence-corrected chi connectivity index (χ2v) is 2.87. The maximum Gasteiger partial charge on any atom is 0.220 e. The predicted molar refractivity (Wildman–Crippen MR) is 49.5 cm³/mol. The van der Waals surface area contributed by atoms with Gasteiger partial charge in [0, 0.05) is 32.6 Å². The van der Waals surface area contributed by atoms with Gasteiger partial charge in [0.2, 0.25) is 5.91 Å². The zero-order chi connectivity index (χ0) is 9.23. The fourth-order valence-electron chi connectivity index (χ4n) is 0.760. The number of nitrogens with one attached hydrogen (secondary N) is 1. The van der Waals surface area contributed by atoms with E-state index in [2.05, 4.69) is 5.32 Å². The molecule has 12 heavy (non-hydrogen) atoms. The molecule has 0 fully saturated rings. The first kappa shape index (κ1) is 11.7. The summed E-state index contributed by atoms with van der Waals surface area (Å²) in [5.74, 6) is 0.623. The van der Waals surface area contributed by atoms with E-state index in [1.807, 2.05) is 0 Å². The summed E-state index contributed by atoms with van der Waals surface area (Å²) in [5, 5.41) is 2.77. The van der Waals surface area contributed by atoms with Crippen LogP contribution >= 0.6 is 11.6 Å². The monoisotopic (exact) mass is 193 g/mol. The van der Waals surface area contributed by atoms with Crippen LogP contribution in [0.25, 0.3) is 0 Å². The molecule has 1 amide bonds. The van der Waals surface area contributed by atoms with Crippen LogP contribution in [-0.2, 0) is 9.53 Å². The molecule has 0 heterocycles. The Morgan fingerprint density at radius 1 is 1.50 bits per heavy atom. The number of methoxy groups -OCH3 is 1. The third-order valence-electron chi connectivity index (χ3n) is 1.38. The van der Waals surface area contributed by atoms with Gasteiger partial charge in [0.05, 0.1) is 0 Å². The van der Waals surface area contributed by atoms with Crippen molar-refractivity contribution in [1.29, 1.82) is 0 Å². The van der Waals surface area contributed by atoms with Crippen LogP contribution in [0.4, 0.5) is 0 Å². The van der Waals surface area contributed by atoms with Crippen LogP contribution in [0.3, 0.4) is 0 Å². The Morgan fingerprint density at radius 3 is 2.83 bits per heavy atom. The number of carbonyl (C=O) groups excluding carboxylic acids is 1. The van der Waals surface area contributed by atoms with Crippen molar-refractivity contribution in [3.05, 3.63) is 0 Å². The summed E-state index contributed by atoms with van der Waals surface area (Å²) < 4.78 is 4.83. The maximum absolute atomic E-state index is 11.0. The van der Waals surface area contributed by atoms with Gasteiger partial charge in [-0.3, -0.25) is 4.79 Å². The van der Waals surface area contributed by atoms with Crippen molar-refractivity contribution in [2.45, 2.75) is 19.3 Å². The standard InChI is InChI=1S/C8H16ClNO2/c1-12-7-3-6-10-8(11)4-2-5-9/h2-7H2,1H3,(H,10,11). The first-order valence-corrected chi connectivity index (χ1v) is 4.66. The molecule has 0 rings (SSSR count). The normalized spacial score (nSPS) is 9.83. The van der Waals surface area contributed by atoms with Crippen molar-refractivity contribution in [2.75, 3.05) is 26.1 Å². The van der Waals surface area contributed by atoms with Crippen LogP contribution in [0, 0.1) is 0 Å². The fourth-order valence-corrected chi connectivity index (χ4v) is 0.894. The molecular formula is C8H16ClNO2. The third kappa shape index (κ3) is 7.82. The quantitative estimate of drug-likeness (QED) is 0.487. The van der Waals surface area contributed by atoms with Gasteiger partial charge >= 0.3 is 0 Å². The van der Waals surface area contributed by atoms with Crippen molar-refractivity contribution in [3.63, 3.8) is 0 Å². The van der Waals surface area contributed by atoms with Crippen molar-refractivity contribution < 1.29 is 9.53 Å². The number of amides is 1. The molecule has 0 saturated carbocycles. The Hall–Kier alpha value is -0.280. The second kappa shape index (κ2) is 8.81. The summed E-state index contributed by atoms with van der Waals surface area (Å²) in [5.41, 5.74) is 0. The summed E-state index contributed by atoms with van der Waals surface area (Å²) in [4.78, 5) is 11.0. The lowest BCUT2D eigenvalue weighted by atomic mass is 10.3. The number of hydrogen-bond acceptors (Lipinski definition) is 2. The molecule has 0 unspecified atom stereocenters. The van der Waals surface area contributed by atoms with Gasteiger partial charge in [-0.15, -0.1) is 11.6 Å². The lowest BCUT2D eigenvalue weighted by molar-refractivity contribution is -0.121. The van der Waals surface area contributed by atoms with E-state index in [1.54, 1.807) is 7.11 Å². The van der Waals surface area contributed by atoms with E-state index in [1.165, 1.54) is 0 Å². The summed E-state index contributed by atoms with van der Waals surface area (Å²) >= 11 is 5.43. The lowest BCUT2D eigenvalue weighted by Gasteiger charge is -2.02. The highest BCUT2D eigenvalue weighted by Gasteiger charge is 1.98. The third-order valence-corrected chi connectivity index (χ3v) is 1.65. The van der Waals surface area contributed by atoms with E-state index in [0.717, 1.165) is 12.8 Å². The molecule has 3 nitrogen and oxygen atoms in total. The molecule has 0 aromatic carbocycles. The van der Waals surface area contributed by atoms with Crippen LogP contribution in [-0.4, -0.2) is 32.0 Å². The van der Waals surface area contributed by atoms with Gasteiger partial charge in [0.1, 0.15) is 0 Å². The fraction of sp³-hybridized carbons (Fsp3) is 0.875. The Kier molecular flexibility index (Phi) is 8.61. The average Bonchev–Trinajstić information content (AvgIpc) is 2.09. The van der Waals surface area contributed by atoms with Gasteiger partial charge in [-0.25, -0.2) is 0 Å². The van der Waals surface area contributed by atoms with Gasteiger partial charge in [-0.05, 0) is 12.8 Å². The SMILES string of the molecule is COCCCNC(=O)CCCCl. The molecule has 1 N–H and O–H groups in total. The molecular weight excluding hydrogens is 178 g/mol. The molecule has 0 bridgehead atoms. The smallest absolute Gasteiger partial charge is 0.220 e. The van der Waals surface area contributed by atoms with Crippen LogP contribution in [0.5, 0.6) is 0 Å². The van der Waals surface area contributed by atoms with E-state index >= 15 is 0 Å². The van der Waals surface area contributed by atoms with Gasteiger partial charge < -0.3 is 10.1 Å². The maximum atomic E-state index is 11.0. The molecule has 0 aromatic rings. The molecule has 0 aliphatic rings. The van der Waals surface area contributed by atoms with Gasteiger partial charge in [-0.1, -0.05) is 0 Å². The Morgan fingerprint density at radius 2 is 2.25 bits per heavy atom. The molecule has 0 saturated heterocycles. The minimum absolute atomic E-state index is 0.0757. The molecule has 0 spiro atoms. The first-order valence-electron chi connectivity index (χ1n) is 4.13. The van der Waals surface area contributed by atoms with E-state index in [0.29, 0.717) is 25.5 Å². The van der Waals surface area contributed by atoms with Crippen molar-refractivity contribution in [1.82, 2.24) is 5.32 Å². The van der Waals surface area contributed by atoms with E-state index in [9.17, 15) is 4.79 Å². The van der Waals surface area contributed by atoms with E-state index < -0.39 is 0 Å². The highest BCUT2D eigenvalue weighted by Crippen LogP contribution is 1.91. The van der Waals surface area contributed by atoms with Gasteiger partial charge in [0.15, 0.2) is 0 Å². The number of halogens is 1. The van der Waals surface area contributed by atoms with Gasteiger partial charge in [0.25, 0.3) is 0 Å². The van der Waals surface area contributed by atoms with Crippen LogP contribution in [0.2, 0.25) is 0 Å². The van der Waals surface area contributed by atoms with E-state index in [-0.39, 0.29) is 5.91 Å². The van der Waals surface area contributed by atoms with Gasteiger partial charge in [-0.2, -0.15) is 0 Å². The molecule has 0 aliphatic heterocycles. The van der Waals surface area contributed by atoms with Crippen molar-refractivity contribution in [2.24, 2.45) is 0 Å². The van der Waals surface area contributed by atoms with Crippen LogP contribution < -0.4 is 5.32 Å². The molecule has 72 valence electrons. The lowest BCUT2D eigenvalue weighted by Crippen LogP contribution is -2.24. The average molecular weight is 194 g/mol. The summed E-state index contributed by atoms with van der Waals surface area (Å²) in [6.07, 6.45) is 2.14. The second-order valence-electron chi connectivity index (χ2n) is 2.49. The predicted octanol–water partition coefficient (Wildman–Crippen LogP) is 1.16. The summed E-state index contributed by atoms with van der Waals surface area (Å²) in [6, 6.07) is 0. The molecule has 0 atom stereocenters. The zero-order valence-corrected chi connectivity index (χ0v) is 8.19. The number of carbonyl (C=O) groups is 1. The largest absolute Gasteiger partial charge is 0.385 e. The van der Waals surface area contributed by atoms with Crippen LogP contribution in [0.15, 0.2) is 0 Å². The van der Waals surface area contributed by atoms with Crippen molar-refractivity contribution in [3.8, 4) is 0 Å². The summed E-state index contributed by atoms with van der Waals surface area (Å²) in [6.45, 7) is 1.38.